The molecule has 29 heavy (non-hydrogen) atoms. The number of nitrogens with zero attached hydrogens (tertiary/aromatic N) is 5. The quantitative estimate of drug-likeness (QED) is 0.537. The van der Waals surface area contributed by atoms with Crippen molar-refractivity contribution in [1.29, 1.82) is 0 Å². The van der Waals surface area contributed by atoms with E-state index in [1.54, 1.807) is 12.1 Å². The van der Waals surface area contributed by atoms with E-state index in [4.69, 9.17) is 4.98 Å². The van der Waals surface area contributed by atoms with Gasteiger partial charge in [-0.15, -0.1) is 0 Å². The fourth-order valence-electron chi connectivity index (χ4n) is 3.97. The van der Waals surface area contributed by atoms with E-state index < -0.39 is 4.92 Å². The van der Waals surface area contributed by atoms with Crippen LogP contribution < -0.4 is 10.2 Å². The van der Waals surface area contributed by atoms with Crippen LogP contribution in [0.3, 0.4) is 0 Å². The van der Waals surface area contributed by atoms with Gasteiger partial charge in [-0.2, -0.15) is 4.98 Å². The summed E-state index contributed by atoms with van der Waals surface area (Å²) in [6.07, 6.45) is 5.66. The molecule has 2 aromatic rings. The fraction of sp³-hybridized carbons (Fsp3) is 0.524. The van der Waals surface area contributed by atoms with Crippen molar-refractivity contribution in [2.45, 2.75) is 51.1 Å². The molecule has 4 rings (SSSR count). The summed E-state index contributed by atoms with van der Waals surface area (Å²) in [7, 11) is 2.24. The van der Waals surface area contributed by atoms with Crippen LogP contribution in [0.15, 0.2) is 30.3 Å². The Morgan fingerprint density at radius 2 is 2.07 bits per heavy atom. The zero-order valence-electron chi connectivity index (χ0n) is 17.0. The summed E-state index contributed by atoms with van der Waals surface area (Å²) in [6, 6.07) is 9.85. The normalized spacial score (nSPS) is 19.0. The summed E-state index contributed by atoms with van der Waals surface area (Å²) in [4.78, 5) is 24.9. The molecule has 2 fully saturated rings. The molecule has 8 nitrogen and oxygen atoms in total. The number of hydrogen-bond donors (Lipinski definition) is 1. The average molecular weight is 396 g/mol. The summed E-state index contributed by atoms with van der Waals surface area (Å²) < 4.78 is 0. The van der Waals surface area contributed by atoms with Gasteiger partial charge in [0.2, 0.25) is 5.95 Å². The molecular formula is C21H28N6O2. The standard InChI is InChI=1S/C21H28N6O2/c1-3-5-15-13-20(26-11-10-19(14-26)25(2)17-8-9-17)24-21(22-15)23-16-6-4-7-18(12-16)27(28)29/h4,6-7,12-13,17,19H,3,5,8-11,14H2,1-2H3,(H,22,23,24)/t19-/m0/s1. The number of anilines is 3. The van der Waals surface area contributed by atoms with E-state index in [-0.39, 0.29) is 5.69 Å². The van der Waals surface area contributed by atoms with Gasteiger partial charge in [-0.3, -0.25) is 15.0 Å². The van der Waals surface area contributed by atoms with Crippen LogP contribution in [0, 0.1) is 10.1 Å². The largest absolute Gasteiger partial charge is 0.355 e. The van der Waals surface area contributed by atoms with E-state index in [1.807, 2.05) is 0 Å². The first kappa shape index (κ1) is 19.6. The smallest absolute Gasteiger partial charge is 0.271 e. The van der Waals surface area contributed by atoms with Gasteiger partial charge in [-0.1, -0.05) is 19.4 Å². The summed E-state index contributed by atoms with van der Waals surface area (Å²) in [6.45, 7) is 4.10. The van der Waals surface area contributed by atoms with E-state index in [0.29, 0.717) is 17.7 Å². The maximum atomic E-state index is 11.0. The number of nitro groups is 1. The predicted octanol–water partition coefficient (Wildman–Crippen LogP) is 3.75. The number of aryl methyl sites for hydroxylation is 1. The van der Waals surface area contributed by atoms with Crippen molar-refractivity contribution in [3.63, 3.8) is 0 Å². The van der Waals surface area contributed by atoms with Gasteiger partial charge in [-0.25, -0.2) is 4.98 Å². The number of hydrogen-bond acceptors (Lipinski definition) is 7. The van der Waals surface area contributed by atoms with Crippen molar-refractivity contribution >= 4 is 23.1 Å². The zero-order valence-corrected chi connectivity index (χ0v) is 17.0. The number of nitro benzene ring substituents is 1. The molecule has 1 saturated heterocycles. The second-order valence-electron chi connectivity index (χ2n) is 8.01. The molecular weight excluding hydrogens is 368 g/mol. The lowest BCUT2D eigenvalue weighted by atomic mass is 10.2. The number of rotatable bonds is 8. The van der Waals surface area contributed by atoms with Crippen LogP contribution in [-0.2, 0) is 6.42 Å². The van der Waals surface area contributed by atoms with E-state index in [0.717, 1.165) is 49.9 Å². The monoisotopic (exact) mass is 396 g/mol. The van der Waals surface area contributed by atoms with Crippen LogP contribution in [0.25, 0.3) is 0 Å². The molecule has 0 amide bonds. The second kappa shape index (κ2) is 8.32. The van der Waals surface area contributed by atoms with Crippen LogP contribution in [0.5, 0.6) is 0 Å². The van der Waals surface area contributed by atoms with Crippen molar-refractivity contribution < 1.29 is 4.92 Å². The Morgan fingerprint density at radius 3 is 2.79 bits per heavy atom. The van der Waals surface area contributed by atoms with Gasteiger partial charge in [0.25, 0.3) is 5.69 Å². The van der Waals surface area contributed by atoms with Gasteiger partial charge in [0.05, 0.1) is 4.92 Å². The third-order valence-corrected chi connectivity index (χ3v) is 5.77. The van der Waals surface area contributed by atoms with Crippen LogP contribution >= 0.6 is 0 Å². The van der Waals surface area contributed by atoms with E-state index >= 15 is 0 Å². The molecule has 2 aliphatic rings. The molecule has 1 N–H and O–H groups in total. The molecule has 0 radical (unpaired) electrons. The number of non-ortho nitro benzene ring substituents is 1. The molecule has 0 unspecified atom stereocenters. The molecule has 0 bridgehead atoms. The van der Waals surface area contributed by atoms with E-state index in [9.17, 15) is 10.1 Å². The molecule has 1 atom stereocenters. The Bertz CT molecular complexity index is 885. The molecule has 2 heterocycles. The first-order chi connectivity index (χ1) is 14.0. The number of nitrogens with one attached hydrogen (secondary N) is 1. The first-order valence-corrected chi connectivity index (χ1v) is 10.4. The first-order valence-electron chi connectivity index (χ1n) is 10.4. The number of likely N-dealkylation sites (N-methyl/N-ethyl adjacent to an activating group) is 1. The lowest BCUT2D eigenvalue weighted by Gasteiger charge is -2.25. The third-order valence-electron chi connectivity index (χ3n) is 5.77. The van der Waals surface area contributed by atoms with Crippen molar-refractivity contribution in [3.05, 3.63) is 46.1 Å². The van der Waals surface area contributed by atoms with E-state index in [2.05, 4.69) is 40.1 Å². The molecule has 1 aliphatic heterocycles. The molecule has 8 heteroatoms. The highest BCUT2D eigenvalue weighted by molar-refractivity contribution is 5.59. The summed E-state index contributed by atoms with van der Waals surface area (Å²) in [5, 5.41) is 14.2. The minimum absolute atomic E-state index is 0.0467. The summed E-state index contributed by atoms with van der Waals surface area (Å²) >= 11 is 0. The average Bonchev–Trinajstić information content (AvgIpc) is 3.44. The lowest BCUT2D eigenvalue weighted by molar-refractivity contribution is -0.384. The number of benzene rings is 1. The minimum Gasteiger partial charge on any atom is -0.355 e. The van der Waals surface area contributed by atoms with Crippen LogP contribution in [-0.4, -0.2) is 52.0 Å². The van der Waals surface area contributed by atoms with Crippen molar-refractivity contribution in [2.24, 2.45) is 0 Å². The fourth-order valence-corrected chi connectivity index (χ4v) is 3.97. The van der Waals surface area contributed by atoms with Gasteiger partial charge in [-0.05, 0) is 38.8 Å². The Morgan fingerprint density at radius 1 is 1.24 bits per heavy atom. The summed E-state index contributed by atoms with van der Waals surface area (Å²) in [5.41, 5.74) is 1.65. The second-order valence-corrected chi connectivity index (χ2v) is 8.01. The maximum absolute atomic E-state index is 11.0. The molecule has 1 aliphatic carbocycles. The Labute approximate surface area is 171 Å². The van der Waals surface area contributed by atoms with Gasteiger partial charge >= 0.3 is 0 Å². The number of aromatic nitrogens is 2. The van der Waals surface area contributed by atoms with Crippen LogP contribution in [0.1, 0.15) is 38.3 Å². The minimum atomic E-state index is -0.397. The van der Waals surface area contributed by atoms with Gasteiger partial charge in [0.1, 0.15) is 5.82 Å². The third kappa shape index (κ3) is 4.64. The topological polar surface area (TPSA) is 87.4 Å². The molecule has 0 spiro atoms. The van der Waals surface area contributed by atoms with E-state index in [1.165, 1.54) is 25.0 Å². The molecule has 154 valence electrons. The Hall–Kier alpha value is -2.74. The van der Waals surface area contributed by atoms with Crippen molar-refractivity contribution in [2.75, 3.05) is 30.4 Å². The Balaban J connectivity index is 1.54. The van der Waals surface area contributed by atoms with Crippen LogP contribution in [0.4, 0.5) is 23.1 Å². The van der Waals surface area contributed by atoms with Gasteiger partial charge in [0, 0.05) is 54.8 Å². The lowest BCUT2D eigenvalue weighted by Crippen LogP contribution is -2.36. The highest BCUT2D eigenvalue weighted by Crippen LogP contribution is 2.31. The van der Waals surface area contributed by atoms with Crippen molar-refractivity contribution in [1.82, 2.24) is 14.9 Å². The Kier molecular flexibility index (Phi) is 5.62. The molecule has 1 aromatic carbocycles. The van der Waals surface area contributed by atoms with Gasteiger partial charge in [0.15, 0.2) is 0 Å². The predicted molar refractivity (Wildman–Crippen MR) is 114 cm³/mol. The van der Waals surface area contributed by atoms with Crippen molar-refractivity contribution in [3.8, 4) is 0 Å². The van der Waals surface area contributed by atoms with Gasteiger partial charge < -0.3 is 10.2 Å². The zero-order chi connectivity index (χ0) is 20.4. The summed E-state index contributed by atoms with van der Waals surface area (Å²) in [5.74, 6) is 1.42. The van der Waals surface area contributed by atoms with Crippen LogP contribution in [0.2, 0.25) is 0 Å². The molecule has 1 saturated carbocycles. The molecule has 1 aromatic heterocycles. The maximum Gasteiger partial charge on any atom is 0.271 e. The highest BCUT2D eigenvalue weighted by Gasteiger charge is 2.35. The highest BCUT2D eigenvalue weighted by atomic mass is 16.6. The SMILES string of the molecule is CCCc1cc(N2CC[C@H](N(C)C3CC3)C2)nc(Nc2cccc([N+](=O)[O-])c2)n1.